The lowest BCUT2D eigenvalue weighted by atomic mass is 9.82. The molecule has 1 aliphatic carbocycles. The van der Waals surface area contributed by atoms with Crippen molar-refractivity contribution in [2.24, 2.45) is 5.92 Å². The molecule has 1 nitrogen and oxygen atoms in total. The molecule has 0 aromatic rings. The first-order valence-corrected chi connectivity index (χ1v) is 5.08. The zero-order chi connectivity index (χ0) is 8.97. The van der Waals surface area contributed by atoms with Gasteiger partial charge < -0.3 is 5.11 Å². The first-order chi connectivity index (χ1) is 5.74. The van der Waals surface area contributed by atoms with Gasteiger partial charge >= 0.3 is 0 Å². The van der Waals surface area contributed by atoms with E-state index in [1.54, 1.807) is 0 Å². The van der Waals surface area contributed by atoms with Crippen molar-refractivity contribution in [3.05, 3.63) is 12.2 Å². The molecule has 1 fully saturated rings. The van der Waals surface area contributed by atoms with Gasteiger partial charge in [-0.15, -0.1) is 0 Å². The standard InChI is InChI=1S/C11H20O/c1-3-9(2)8-10-6-4-5-7-11(10)12/h10-12H,2-8H2,1H3/t10-,11+/m0/s1. The normalized spacial score (nSPS) is 30.2. The minimum absolute atomic E-state index is 0.0537. The maximum atomic E-state index is 9.67. The summed E-state index contributed by atoms with van der Waals surface area (Å²) < 4.78 is 0. The zero-order valence-corrected chi connectivity index (χ0v) is 8.05. The van der Waals surface area contributed by atoms with E-state index in [-0.39, 0.29) is 6.10 Å². The second-order valence-electron chi connectivity index (χ2n) is 3.92. The number of rotatable bonds is 3. The van der Waals surface area contributed by atoms with Crippen molar-refractivity contribution in [3.8, 4) is 0 Å². The van der Waals surface area contributed by atoms with E-state index in [9.17, 15) is 5.11 Å². The van der Waals surface area contributed by atoms with Crippen molar-refractivity contribution < 1.29 is 5.11 Å². The van der Waals surface area contributed by atoms with Gasteiger partial charge in [-0.3, -0.25) is 0 Å². The summed E-state index contributed by atoms with van der Waals surface area (Å²) in [6, 6.07) is 0. The van der Waals surface area contributed by atoms with Crippen LogP contribution >= 0.6 is 0 Å². The molecule has 0 bridgehead atoms. The van der Waals surface area contributed by atoms with Crippen LogP contribution in [0.1, 0.15) is 45.4 Å². The van der Waals surface area contributed by atoms with Gasteiger partial charge in [0.15, 0.2) is 0 Å². The molecule has 0 spiro atoms. The highest BCUT2D eigenvalue weighted by molar-refractivity contribution is 4.96. The minimum Gasteiger partial charge on any atom is -0.393 e. The van der Waals surface area contributed by atoms with E-state index in [4.69, 9.17) is 0 Å². The van der Waals surface area contributed by atoms with Gasteiger partial charge in [-0.2, -0.15) is 0 Å². The summed E-state index contributed by atoms with van der Waals surface area (Å²) in [5.74, 6) is 0.506. The molecule has 1 N–H and O–H groups in total. The van der Waals surface area contributed by atoms with Crippen LogP contribution in [0.25, 0.3) is 0 Å². The minimum atomic E-state index is -0.0537. The highest BCUT2D eigenvalue weighted by atomic mass is 16.3. The van der Waals surface area contributed by atoms with Gasteiger partial charge in [-0.1, -0.05) is 31.9 Å². The van der Waals surface area contributed by atoms with Gasteiger partial charge in [0.25, 0.3) is 0 Å². The van der Waals surface area contributed by atoms with E-state index in [1.807, 2.05) is 0 Å². The predicted molar refractivity (Wildman–Crippen MR) is 52.0 cm³/mol. The van der Waals surface area contributed by atoms with Crippen molar-refractivity contribution in [1.29, 1.82) is 0 Å². The molecule has 0 aromatic heterocycles. The molecule has 1 rings (SSSR count). The van der Waals surface area contributed by atoms with Crippen molar-refractivity contribution in [1.82, 2.24) is 0 Å². The summed E-state index contributed by atoms with van der Waals surface area (Å²) in [7, 11) is 0. The van der Waals surface area contributed by atoms with Gasteiger partial charge in [-0.25, -0.2) is 0 Å². The molecule has 0 saturated heterocycles. The summed E-state index contributed by atoms with van der Waals surface area (Å²) in [6.45, 7) is 6.13. The molecule has 12 heavy (non-hydrogen) atoms. The number of aliphatic hydroxyl groups is 1. The van der Waals surface area contributed by atoms with Gasteiger partial charge in [0.2, 0.25) is 0 Å². The summed E-state index contributed by atoms with van der Waals surface area (Å²) in [4.78, 5) is 0. The third-order valence-electron chi connectivity index (χ3n) is 2.92. The van der Waals surface area contributed by atoms with Crippen molar-refractivity contribution in [2.45, 2.75) is 51.6 Å². The summed E-state index contributed by atoms with van der Waals surface area (Å²) >= 11 is 0. The largest absolute Gasteiger partial charge is 0.393 e. The fraction of sp³-hybridized carbons (Fsp3) is 0.818. The van der Waals surface area contributed by atoms with Gasteiger partial charge in [0.05, 0.1) is 6.10 Å². The Morgan fingerprint density at radius 2 is 2.08 bits per heavy atom. The molecule has 0 aliphatic heterocycles. The summed E-state index contributed by atoms with van der Waals surface area (Å²) in [6.07, 6.45) is 6.74. The third kappa shape index (κ3) is 2.63. The monoisotopic (exact) mass is 168 g/mol. The molecular weight excluding hydrogens is 148 g/mol. The average molecular weight is 168 g/mol. The lowest BCUT2D eigenvalue weighted by Gasteiger charge is -2.27. The Morgan fingerprint density at radius 3 is 2.67 bits per heavy atom. The smallest absolute Gasteiger partial charge is 0.0571 e. The molecule has 0 aromatic carbocycles. The van der Waals surface area contributed by atoms with Crippen LogP contribution in [-0.2, 0) is 0 Å². The van der Waals surface area contributed by atoms with Crippen LogP contribution in [0.2, 0.25) is 0 Å². The summed E-state index contributed by atoms with van der Waals surface area (Å²) in [5, 5.41) is 9.67. The zero-order valence-electron chi connectivity index (χ0n) is 8.05. The van der Waals surface area contributed by atoms with Crippen LogP contribution in [0, 0.1) is 5.92 Å². The molecule has 1 aliphatic rings. The first-order valence-electron chi connectivity index (χ1n) is 5.08. The van der Waals surface area contributed by atoms with Crippen LogP contribution in [0.5, 0.6) is 0 Å². The van der Waals surface area contributed by atoms with E-state index < -0.39 is 0 Å². The molecule has 0 amide bonds. The molecular formula is C11H20O. The Morgan fingerprint density at radius 1 is 1.42 bits per heavy atom. The predicted octanol–water partition coefficient (Wildman–Crippen LogP) is 2.89. The SMILES string of the molecule is C=C(CC)C[C@@H]1CCCC[C@H]1O. The van der Waals surface area contributed by atoms with E-state index >= 15 is 0 Å². The molecule has 2 atom stereocenters. The Bertz CT molecular complexity index is 151. The lowest BCUT2D eigenvalue weighted by Crippen LogP contribution is -2.24. The molecule has 1 heteroatoms. The van der Waals surface area contributed by atoms with Crippen molar-refractivity contribution in [3.63, 3.8) is 0 Å². The second kappa shape index (κ2) is 4.66. The van der Waals surface area contributed by atoms with E-state index in [2.05, 4.69) is 13.5 Å². The summed E-state index contributed by atoms with van der Waals surface area (Å²) in [5.41, 5.74) is 1.29. The van der Waals surface area contributed by atoms with E-state index in [1.165, 1.54) is 24.8 Å². The molecule has 0 radical (unpaired) electrons. The van der Waals surface area contributed by atoms with Crippen molar-refractivity contribution in [2.75, 3.05) is 0 Å². The van der Waals surface area contributed by atoms with E-state index in [0.717, 1.165) is 19.3 Å². The molecule has 0 heterocycles. The second-order valence-corrected chi connectivity index (χ2v) is 3.92. The van der Waals surface area contributed by atoms with Gasteiger partial charge in [0.1, 0.15) is 0 Å². The van der Waals surface area contributed by atoms with Gasteiger partial charge in [-0.05, 0) is 31.6 Å². The maximum Gasteiger partial charge on any atom is 0.0571 e. The quantitative estimate of drug-likeness (QED) is 0.642. The van der Waals surface area contributed by atoms with E-state index in [0.29, 0.717) is 5.92 Å². The Kier molecular flexibility index (Phi) is 3.80. The average Bonchev–Trinajstić information content (AvgIpc) is 2.09. The number of aliphatic hydroxyl groups excluding tert-OH is 1. The number of hydrogen-bond donors (Lipinski definition) is 1. The topological polar surface area (TPSA) is 20.2 Å². The Hall–Kier alpha value is -0.300. The van der Waals surface area contributed by atoms with Crippen LogP contribution in [0.15, 0.2) is 12.2 Å². The highest BCUT2D eigenvalue weighted by Gasteiger charge is 2.22. The first kappa shape index (κ1) is 9.79. The van der Waals surface area contributed by atoms with Crippen LogP contribution in [-0.4, -0.2) is 11.2 Å². The van der Waals surface area contributed by atoms with Crippen LogP contribution in [0.3, 0.4) is 0 Å². The molecule has 1 saturated carbocycles. The Balaban J connectivity index is 2.33. The lowest BCUT2D eigenvalue weighted by molar-refractivity contribution is 0.0697. The van der Waals surface area contributed by atoms with Crippen molar-refractivity contribution >= 4 is 0 Å². The van der Waals surface area contributed by atoms with Gasteiger partial charge in [0, 0.05) is 0 Å². The Labute approximate surface area is 75.5 Å². The van der Waals surface area contributed by atoms with Crippen LogP contribution < -0.4 is 0 Å². The highest BCUT2D eigenvalue weighted by Crippen LogP contribution is 2.29. The van der Waals surface area contributed by atoms with Crippen LogP contribution in [0.4, 0.5) is 0 Å². The number of allylic oxidation sites excluding steroid dienone is 1. The molecule has 70 valence electrons. The fourth-order valence-corrected chi connectivity index (χ4v) is 1.94. The number of hydrogen-bond acceptors (Lipinski definition) is 1. The maximum absolute atomic E-state index is 9.67. The third-order valence-corrected chi connectivity index (χ3v) is 2.92. The fourth-order valence-electron chi connectivity index (χ4n) is 1.94. The molecule has 0 unspecified atom stereocenters.